The highest BCUT2D eigenvalue weighted by Crippen LogP contribution is 2.48. The smallest absolute Gasteiger partial charge is 0.0404 e. The van der Waals surface area contributed by atoms with Gasteiger partial charge in [0.05, 0.1) is 0 Å². The van der Waals surface area contributed by atoms with E-state index < -0.39 is 0 Å². The predicted molar refractivity (Wildman–Crippen MR) is 81.9 cm³/mol. The quantitative estimate of drug-likeness (QED) is 0.875. The number of para-hydroxylation sites is 1. The van der Waals surface area contributed by atoms with E-state index in [9.17, 15) is 0 Å². The molecule has 2 fully saturated rings. The van der Waals surface area contributed by atoms with Crippen molar-refractivity contribution in [1.82, 2.24) is 5.32 Å². The van der Waals surface area contributed by atoms with Gasteiger partial charge in [-0.25, -0.2) is 0 Å². The van der Waals surface area contributed by atoms with Gasteiger partial charge in [0.1, 0.15) is 0 Å². The normalized spacial score (nSPS) is 25.7. The van der Waals surface area contributed by atoms with E-state index in [0.29, 0.717) is 17.4 Å². The molecule has 1 saturated carbocycles. The number of nitrogens with zero attached hydrogens (tertiary/aromatic N) is 1. The minimum absolute atomic E-state index is 0.564. The van der Waals surface area contributed by atoms with Crippen LogP contribution in [0.5, 0.6) is 0 Å². The van der Waals surface area contributed by atoms with Gasteiger partial charge in [0.2, 0.25) is 0 Å². The number of hydrogen-bond acceptors (Lipinski definition) is 2. The van der Waals surface area contributed by atoms with Crippen LogP contribution in [0.2, 0.25) is 0 Å². The molecule has 1 heterocycles. The Balaban J connectivity index is 1.94. The topological polar surface area (TPSA) is 15.3 Å². The van der Waals surface area contributed by atoms with E-state index in [1.54, 1.807) is 0 Å². The van der Waals surface area contributed by atoms with Gasteiger partial charge in [-0.2, -0.15) is 0 Å². The van der Waals surface area contributed by atoms with Crippen molar-refractivity contribution >= 4 is 5.69 Å². The highest BCUT2D eigenvalue weighted by atomic mass is 15.2. The van der Waals surface area contributed by atoms with Crippen molar-refractivity contribution in [2.75, 3.05) is 24.5 Å². The molecule has 2 nitrogen and oxygen atoms in total. The second-order valence-electron chi connectivity index (χ2n) is 6.82. The number of hydrogen-bond donors (Lipinski definition) is 1. The van der Waals surface area contributed by atoms with Crippen molar-refractivity contribution < 1.29 is 0 Å². The molecular formula is C17H26N2. The van der Waals surface area contributed by atoms with Crippen molar-refractivity contribution in [3.05, 3.63) is 29.8 Å². The zero-order chi connectivity index (χ0) is 13.5. The van der Waals surface area contributed by atoms with Crippen molar-refractivity contribution in [3.63, 3.8) is 0 Å². The molecule has 1 aromatic rings. The number of benzene rings is 1. The molecular weight excluding hydrogens is 232 g/mol. The summed E-state index contributed by atoms with van der Waals surface area (Å²) in [4.78, 5) is 2.66. The van der Waals surface area contributed by atoms with Gasteiger partial charge in [-0.3, -0.25) is 0 Å². The van der Waals surface area contributed by atoms with Crippen LogP contribution in [-0.2, 0) is 0 Å². The molecule has 1 N–H and O–H groups in total. The van der Waals surface area contributed by atoms with Crippen LogP contribution < -0.4 is 10.2 Å². The molecule has 1 aliphatic heterocycles. The van der Waals surface area contributed by atoms with E-state index in [1.165, 1.54) is 37.2 Å². The van der Waals surface area contributed by atoms with Crippen LogP contribution >= 0.6 is 0 Å². The van der Waals surface area contributed by atoms with Gasteiger partial charge in [-0.05, 0) is 37.3 Å². The molecule has 2 aliphatic rings. The monoisotopic (exact) mass is 258 g/mol. The van der Waals surface area contributed by atoms with Gasteiger partial charge in [-0.1, -0.05) is 32.0 Å². The Morgan fingerprint density at radius 1 is 1.26 bits per heavy atom. The molecule has 1 spiro atoms. The minimum atomic E-state index is 0.564. The van der Waals surface area contributed by atoms with Crippen molar-refractivity contribution in [1.29, 1.82) is 0 Å². The first-order chi connectivity index (χ1) is 9.11. The van der Waals surface area contributed by atoms with Crippen LogP contribution in [0, 0.1) is 5.41 Å². The van der Waals surface area contributed by atoms with Crippen LogP contribution in [0.4, 0.5) is 5.69 Å². The lowest BCUT2D eigenvalue weighted by Gasteiger charge is -2.33. The highest BCUT2D eigenvalue weighted by molar-refractivity contribution is 5.56. The molecule has 0 bridgehead atoms. The molecule has 0 amide bonds. The molecule has 104 valence electrons. The Labute approximate surface area is 117 Å². The van der Waals surface area contributed by atoms with Crippen LogP contribution in [-0.4, -0.2) is 25.7 Å². The van der Waals surface area contributed by atoms with Crippen LogP contribution in [0.15, 0.2) is 24.3 Å². The molecule has 3 rings (SSSR count). The average molecular weight is 258 g/mol. The molecule has 19 heavy (non-hydrogen) atoms. The van der Waals surface area contributed by atoms with E-state index in [2.05, 4.69) is 55.3 Å². The molecule has 1 atom stereocenters. The van der Waals surface area contributed by atoms with Crippen molar-refractivity contribution in [2.45, 2.75) is 45.6 Å². The predicted octanol–water partition coefficient (Wildman–Crippen LogP) is 3.39. The second kappa shape index (κ2) is 4.82. The van der Waals surface area contributed by atoms with Crippen LogP contribution in [0.1, 0.15) is 45.1 Å². The summed E-state index contributed by atoms with van der Waals surface area (Å²) in [6.45, 7) is 10.5. The van der Waals surface area contributed by atoms with Gasteiger partial charge >= 0.3 is 0 Å². The molecule has 0 aromatic heterocycles. The third-order valence-electron chi connectivity index (χ3n) is 4.80. The van der Waals surface area contributed by atoms with E-state index in [1.807, 2.05) is 0 Å². The summed E-state index contributed by atoms with van der Waals surface area (Å²) in [6, 6.07) is 9.55. The second-order valence-corrected chi connectivity index (χ2v) is 6.82. The summed E-state index contributed by atoms with van der Waals surface area (Å²) in [5.41, 5.74) is 3.52. The Hall–Kier alpha value is -1.02. The molecule has 0 radical (unpaired) electrons. The van der Waals surface area contributed by atoms with Gasteiger partial charge in [0.15, 0.2) is 0 Å². The fourth-order valence-corrected chi connectivity index (χ4v) is 3.30. The number of nitrogens with one attached hydrogen (secondary N) is 1. The maximum Gasteiger partial charge on any atom is 0.0404 e. The molecule has 1 aliphatic carbocycles. The Kier molecular flexibility index (Phi) is 3.30. The number of anilines is 1. The molecule has 2 heteroatoms. The fourth-order valence-electron chi connectivity index (χ4n) is 3.30. The summed E-state index contributed by atoms with van der Waals surface area (Å²) in [5.74, 6) is 0.592. The SMILES string of the molecule is CC(C)c1ccccc1N1CC2(CC2)CNCC1C. The average Bonchev–Trinajstić information content (AvgIpc) is 3.18. The Bertz CT molecular complexity index is 448. The van der Waals surface area contributed by atoms with Crippen LogP contribution in [0.25, 0.3) is 0 Å². The molecule has 1 saturated heterocycles. The van der Waals surface area contributed by atoms with Gasteiger partial charge in [0, 0.05) is 36.8 Å². The summed E-state index contributed by atoms with van der Waals surface area (Å²) < 4.78 is 0. The maximum absolute atomic E-state index is 3.66. The van der Waals surface area contributed by atoms with Crippen molar-refractivity contribution in [2.24, 2.45) is 5.41 Å². The number of rotatable bonds is 2. The van der Waals surface area contributed by atoms with Gasteiger partial charge < -0.3 is 10.2 Å². The first kappa shape index (κ1) is 13.0. The minimum Gasteiger partial charge on any atom is -0.367 e. The molecule has 1 aromatic carbocycles. The Morgan fingerprint density at radius 3 is 2.68 bits per heavy atom. The molecule has 1 unspecified atom stereocenters. The Morgan fingerprint density at radius 2 is 2.00 bits per heavy atom. The van der Waals surface area contributed by atoms with E-state index in [-0.39, 0.29) is 0 Å². The first-order valence-electron chi connectivity index (χ1n) is 7.68. The maximum atomic E-state index is 3.66. The fraction of sp³-hybridized carbons (Fsp3) is 0.647. The highest BCUT2D eigenvalue weighted by Gasteiger charge is 2.45. The lowest BCUT2D eigenvalue weighted by Crippen LogP contribution is -2.39. The van der Waals surface area contributed by atoms with E-state index in [4.69, 9.17) is 0 Å². The summed E-state index contributed by atoms with van der Waals surface area (Å²) in [7, 11) is 0. The lowest BCUT2D eigenvalue weighted by atomic mass is 9.98. The van der Waals surface area contributed by atoms with Crippen LogP contribution in [0.3, 0.4) is 0 Å². The standard InChI is InChI=1S/C17H26N2/c1-13(2)15-6-4-5-7-16(15)19-12-17(8-9-17)11-18-10-14(19)3/h4-7,13-14,18H,8-12H2,1-3H3. The van der Waals surface area contributed by atoms with Crippen molar-refractivity contribution in [3.8, 4) is 0 Å². The zero-order valence-electron chi connectivity index (χ0n) is 12.4. The summed E-state index contributed by atoms with van der Waals surface area (Å²) in [5, 5.41) is 3.66. The third kappa shape index (κ3) is 2.51. The first-order valence-corrected chi connectivity index (χ1v) is 7.68. The largest absolute Gasteiger partial charge is 0.367 e. The van der Waals surface area contributed by atoms with Gasteiger partial charge in [-0.15, -0.1) is 0 Å². The van der Waals surface area contributed by atoms with E-state index >= 15 is 0 Å². The van der Waals surface area contributed by atoms with Gasteiger partial charge in [0.25, 0.3) is 0 Å². The lowest BCUT2D eigenvalue weighted by molar-refractivity contribution is 0.500. The zero-order valence-corrected chi connectivity index (χ0v) is 12.4. The van der Waals surface area contributed by atoms with E-state index in [0.717, 1.165) is 6.54 Å². The summed E-state index contributed by atoms with van der Waals surface area (Å²) in [6.07, 6.45) is 2.79. The third-order valence-corrected chi connectivity index (χ3v) is 4.80. The summed E-state index contributed by atoms with van der Waals surface area (Å²) >= 11 is 0.